The predicted molar refractivity (Wildman–Crippen MR) is 124 cm³/mol. The van der Waals surface area contributed by atoms with Crippen molar-refractivity contribution in [2.75, 3.05) is 0 Å². The zero-order valence-electron chi connectivity index (χ0n) is 18.4. The van der Waals surface area contributed by atoms with E-state index in [2.05, 4.69) is 68.4 Å². The van der Waals surface area contributed by atoms with E-state index in [1.54, 1.807) is 0 Å². The second-order valence-electron chi connectivity index (χ2n) is 9.05. The molecule has 2 aromatic rings. The van der Waals surface area contributed by atoms with Gasteiger partial charge in [-0.3, -0.25) is 0 Å². The molecule has 0 aliphatic heterocycles. The first kappa shape index (κ1) is 21.6. The van der Waals surface area contributed by atoms with Crippen LogP contribution in [0.1, 0.15) is 95.1 Å². The number of benzene rings is 2. The monoisotopic (exact) mass is 387 g/mol. The Morgan fingerprint density at radius 3 is 1.97 bits per heavy atom. The third-order valence-corrected chi connectivity index (χ3v) is 6.93. The first-order chi connectivity index (χ1) is 14.2. The minimum atomic E-state index is -0.0505. The molecule has 1 fully saturated rings. The Kier molecular flexibility index (Phi) is 7.93. The van der Waals surface area contributed by atoms with Crippen LogP contribution >= 0.6 is 0 Å². The van der Waals surface area contributed by atoms with Crippen LogP contribution in [0.5, 0.6) is 0 Å². The van der Waals surface area contributed by atoms with Gasteiger partial charge in [-0.15, -0.1) is 0 Å². The van der Waals surface area contributed by atoms with E-state index in [0.29, 0.717) is 5.92 Å². The molecule has 0 saturated heterocycles. The highest BCUT2D eigenvalue weighted by molar-refractivity contribution is 5.64. The Balaban J connectivity index is 1.59. The van der Waals surface area contributed by atoms with Crippen LogP contribution in [0, 0.1) is 16.7 Å². The molecule has 3 rings (SSSR count). The molecule has 2 aromatic carbocycles. The fraction of sp³-hybridized carbons (Fsp3) is 0.536. The molecule has 0 spiro atoms. The van der Waals surface area contributed by atoms with Crippen molar-refractivity contribution in [3.05, 3.63) is 59.7 Å². The maximum atomic E-state index is 9.78. The van der Waals surface area contributed by atoms with E-state index in [9.17, 15) is 5.26 Å². The van der Waals surface area contributed by atoms with Crippen LogP contribution in [0.15, 0.2) is 48.5 Å². The van der Waals surface area contributed by atoms with Gasteiger partial charge >= 0.3 is 0 Å². The van der Waals surface area contributed by atoms with Crippen molar-refractivity contribution in [2.24, 2.45) is 5.41 Å². The van der Waals surface area contributed by atoms with Gasteiger partial charge in [0.25, 0.3) is 0 Å². The Morgan fingerprint density at radius 2 is 1.41 bits per heavy atom. The second kappa shape index (κ2) is 10.6. The fourth-order valence-corrected chi connectivity index (χ4v) is 4.83. The molecule has 0 atom stereocenters. The molecular formula is C28H37N. The van der Waals surface area contributed by atoms with Crippen LogP contribution in [0.25, 0.3) is 11.1 Å². The third kappa shape index (κ3) is 5.72. The van der Waals surface area contributed by atoms with Gasteiger partial charge in [0.05, 0.1) is 11.5 Å². The topological polar surface area (TPSA) is 23.8 Å². The number of hydrogen-bond acceptors (Lipinski definition) is 1. The zero-order chi connectivity index (χ0) is 20.5. The highest BCUT2D eigenvalue weighted by Crippen LogP contribution is 2.45. The Morgan fingerprint density at radius 1 is 0.828 bits per heavy atom. The van der Waals surface area contributed by atoms with Crippen molar-refractivity contribution >= 4 is 0 Å². The first-order valence-corrected chi connectivity index (χ1v) is 11.8. The Hall–Kier alpha value is -2.07. The highest BCUT2D eigenvalue weighted by atomic mass is 14.4. The lowest BCUT2D eigenvalue weighted by atomic mass is 9.67. The summed E-state index contributed by atoms with van der Waals surface area (Å²) in [6.07, 6.45) is 12.9. The van der Waals surface area contributed by atoms with Gasteiger partial charge in [-0.05, 0) is 73.1 Å². The summed E-state index contributed by atoms with van der Waals surface area (Å²) in [5, 5.41) is 9.78. The van der Waals surface area contributed by atoms with Crippen molar-refractivity contribution in [3.63, 3.8) is 0 Å². The number of hydrogen-bond donors (Lipinski definition) is 0. The zero-order valence-corrected chi connectivity index (χ0v) is 18.4. The number of nitrogens with zero attached hydrogens (tertiary/aromatic N) is 1. The Bertz CT molecular complexity index is 771. The van der Waals surface area contributed by atoms with E-state index in [4.69, 9.17) is 0 Å². The molecule has 0 heterocycles. The maximum Gasteiger partial charge on any atom is 0.0689 e. The summed E-state index contributed by atoms with van der Waals surface area (Å²) in [4.78, 5) is 0. The van der Waals surface area contributed by atoms with Gasteiger partial charge < -0.3 is 0 Å². The van der Waals surface area contributed by atoms with Crippen LogP contribution < -0.4 is 0 Å². The summed E-state index contributed by atoms with van der Waals surface area (Å²) >= 11 is 0. The van der Waals surface area contributed by atoms with Crippen molar-refractivity contribution in [1.29, 1.82) is 5.26 Å². The highest BCUT2D eigenvalue weighted by Gasteiger charge is 2.35. The predicted octanol–water partition coefficient (Wildman–Crippen LogP) is 8.44. The molecule has 0 N–H and O–H groups in total. The van der Waals surface area contributed by atoms with Gasteiger partial charge in [-0.2, -0.15) is 5.26 Å². The molecule has 154 valence electrons. The van der Waals surface area contributed by atoms with E-state index in [0.717, 1.165) is 32.1 Å². The number of aryl methyl sites for hydroxylation is 1. The molecule has 1 aliphatic carbocycles. The molecule has 0 radical (unpaired) electrons. The molecule has 1 nitrogen and oxygen atoms in total. The van der Waals surface area contributed by atoms with Crippen LogP contribution in [0.3, 0.4) is 0 Å². The molecule has 29 heavy (non-hydrogen) atoms. The van der Waals surface area contributed by atoms with Gasteiger partial charge in [-0.25, -0.2) is 0 Å². The summed E-state index contributed by atoms with van der Waals surface area (Å²) in [6, 6.07) is 21.0. The Labute approximate surface area is 178 Å². The molecule has 0 amide bonds. The number of nitriles is 1. The lowest BCUT2D eigenvalue weighted by Gasteiger charge is -2.35. The molecule has 1 aliphatic rings. The first-order valence-electron chi connectivity index (χ1n) is 11.8. The van der Waals surface area contributed by atoms with E-state index in [-0.39, 0.29) is 5.41 Å². The lowest BCUT2D eigenvalue weighted by molar-refractivity contribution is 0.223. The molecule has 1 saturated carbocycles. The number of unbranched alkanes of at least 4 members (excludes halogenated alkanes) is 3. The largest absolute Gasteiger partial charge is 0.198 e. The van der Waals surface area contributed by atoms with Gasteiger partial charge in [0.15, 0.2) is 0 Å². The lowest BCUT2D eigenvalue weighted by Crippen LogP contribution is -2.25. The van der Waals surface area contributed by atoms with E-state index < -0.39 is 0 Å². The molecule has 0 unspecified atom stereocenters. The van der Waals surface area contributed by atoms with Crippen LogP contribution in [-0.2, 0) is 6.42 Å². The van der Waals surface area contributed by atoms with Crippen molar-refractivity contribution in [3.8, 4) is 17.2 Å². The smallest absolute Gasteiger partial charge is 0.0689 e. The van der Waals surface area contributed by atoms with Gasteiger partial charge in [0, 0.05) is 0 Å². The van der Waals surface area contributed by atoms with Crippen molar-refractivity contribution in [2.45, 2.75) is 90.4 Å². The van der Waals surface area contributed by atoms with Gasteiger partial charge in [0.1, 0.15) is 0 Å². The normalized spacial score (nSPS) is 21.6. The minimum absolute atomic E-state index is 0.0505. The minimum Gasteiger partial charge on any atom is -0.198 e. The summed E-state index contributed by atoms with van der Waals surface area (Å²) in [7, 11) is 0. The molecular weight excluding hydrogens is 350 g/mol. The standard InChI is InChI=1S/C28H37N/c1-3-5-7-19-28(22-29)20-17-27(18-21-28)26-15-13-25(14-16-26)24-11-9-23(10-12-24)8-6-4-2/h9-16,27H,3-8,17-21H2,1-2H3/t27-,28-. The summed E-state index contributed by atoms with van der Waals surface area (Å²) < 4.78 is 0. The fourth-order valence-electron chi connectivity index (χ4n) is 4.83. The molecule has 0 bridgehead atoms. The van der Waals surface area contributed by atoms with Crippen LogP contribution in [0.2, 0.25) is 0 Å². The molecule has 1 heteroatoms. The maximum absolute atomic E-state index is 9.78. The summed E-state index contributed by atoms with van der Waals surface area (Å²) in [6.45, 7) is 4.48. The van der Waals surface area contributed by atoms with Gasteiger partial charge in [0.2, 0.25) is 0 Å². The second-order valence-corrected chi connectivity index (χ2v) is 9.05. The molecule has 0 aromatic heterocycles. The third-order valence-electron chi connectivity index (χ3n) is 6.93. The quantitative estimate of drug-likeness (QED) is 0.396. The van der Waals surface area contributed by atoms with Crippen LogP contribution in [0.4, 0.5) is 0 Å². The van der Waals surface area contributed by atoms with Crippen molar-refractivity contribution < 1.29 is 0 Å². The van der Waals surface area contributed by atoms with E-state index in [1.165, 1.54) is 60.8 Å². The van der Waals surface area contributed by atoms with Crippen molar-refractivity contribution in [1.82, 2.24) is 0 Å². The average Bonchev–Trinajstić information content (AvgIpc) is 2.79. The summed E-state index contributed by atoms with van der Waals surface area (Å²) in [5.41, 5.74) is 5.45. The number of rotatable bonds is 9. The van der Waals surface area contributed by atoms with Crippen LogP contribution in [-0.4, -0.2) is 0 Å². The van der Waals surface area contributed by atoms with E-state index in [1.807, 2.05) is 0 Å². The SMILES string of the molecule is CCCCC[C@]1(C#N)CC[C@H](c2ccc(-c3ccc(CCCC)cc3)cc2)CC1. The van der Waals surface area contributed by atoms with Gasteiger partial charge in [-0.1, -0.05) is 88.1 Å². The summed E-state index contributed by atoms with van der Waals surface area (Å²) in [5.74, 6) is 0.619. The average molecular weight is 388 g/mol. The van der Waals surface area contributed by atoms with E-state index >= 15 is 0 Å².